The number of nitrogens with one attached hydrogen (secondary N) is 2. The van der Waals surface area contributed by atoms with Gasteiger partial charge in [0.1, 0.15) is 5.01 Å². The molecule has 7 heteroatoms. The highest BCUT2D eigenvalue weighted by Crippen LogP contribution is 2.27. The molecule has 0 saturated carbocycles. The molecule has 1 aromatic heterocycles. The summed E-state index contributed by atoms with van der Waals surface area (Å²) in [5, 5.41) is 15.8. The Morgan fingerprint density at radius 2 is 2.50 bits per heavy atom. The van der Waals surface area contributed by atoms with Gasteiger partial charge in [0.2, 0.25) is 11.0 Å². The average molecular weight is 270 g/mol. The van der Waals surface area contributed by atoms with Gasteiger partial charge >= 0.3 is 0 Å². The first kappa shape index (κ1) is 13.4. The van der Waals surface area contributed by atoms with Crippen LogP contribution in [0.5, 0.6) is 0 Å². The zero-order valence-corrected chi connectivity index (χ0v) is 11.3. The van der Waals surface area contributed by atoms with Gasteiger partial charge in [0.15, 0.2) is 0 Å². The second kappa shape index (κ2) is 6.77. The van der Waals surface area contributed by atoms with E-state index in [1.165, 1.54) is 17.8 Å². The zero-order valence-electron chi connectivity index (χ0n) is 10.4. The fourth-order valence-corrected chi connectivity index (χ4v) is 2.78. The molecule has 1 amide bonds. The van der Waals surface area contributed by atoms with Crippen molar-refractivity contribution in [2.24, 2.45) is 0 Å². The molecule has 1 aliphatic rings. The minimum atomic E-state index is -0.0821. The maximum atomic E-state index is 11.5. The fourth-order valence-electron chi connectivity index (χ4n) is 1.89. The number of rotatable bonds is 5. The van der Waals surface area contributed by atoms with Crippen LogP contribution in [0.3, 0.4) is 0 Å². The Labute approximate surface area is 110 Å². The van der Waals surface area contributed by atoms with Crippen molar-refractivity contribution in [3.63, 3.8) is 0 Å². The third-order valence-electron chi connectivity index (χ3n) is 2.87. The van der Waals surface area contributed by atoms with Gasteiger partial charge in [-0.25, -0.2) is 0 Å². The van der Waals surface area contributed by atoms with Gasteiger partial charge in [-0.05, 0) is 19.4 Å². The highest BCUT2D eigenvalue weighted by atomic mass is 32.1. The van der Waals surface area contributed by atoms with Crippen LogP contribution in [0.25, 0.3) is 0 Å². The number of carbonyl (C=O) groups is 1. The van der Waals surface area contributed by atoms with Crippen molar-refractivity contribution in [1.82, 2.24) is 15.5 Å². The lowest BCUT2D eigenvalue weighted by Gasteiger charge is -2.19. The summed E-state index contributed by atoms with van der Waals surface area (Å²) in [5.41, 5.74) is 0. The van der Waals surface area contributed by atoms with Gasteiger partial charge in [-0.1, -0.05) is 11.3 Å². The number of carbonyl (C=O) groups excluding carboxylic acids is 1. The van der Waals surface area contributed by atoms with Gasteiger partial charge in [-0.2, -0.15) is 0 Å². The average Bonchev–Trinajstić information content (AvgIpc) is 2.86. The van der Waals surface area contributed by atoms with Crippen molar-refractivity contribution in [1.29, 1.82) is 0 Å². The Balaban J connectivity index is 1.87. The first-order valence-corrected chi connectivity index (χ1v) is 6.94. The first-order chi connectivity index (χ1) is 8.79. The van der Waals surface area contributed by atoms with Gasteiger partial charge in [-0.15, -0.1) is 10.2 Å². The smallest absolute Gasteiger partial charge is 0.228 e. The number of amides is 1. The van der Waals surface area contributed by atoms with Gasteiger partial charge in [-0.3, -0.25) is 4.79 Å². The molecular weight excluding hydrogens is 252 g/mol. The van der Waals surface area contributed by atoms with Gasteiger partial charge in [0.25, 0.3) is 0 Å². The van der Waals surface area contributed by atoms with Crippen LogP contribution in [-0.4, -0.2) is 42.9 Å². The molecular formula is C11H18N4O2S. The van der Waals surface area contributed by atoms with Crippen LogP contribution in [0.15, 0.2) is 0 Å². The largest absolute Gasteiger partial charge is 0.384 e. The summed E-state index contributed by atoms with van der Waals surface area (Å²) < 4.78 is 4.85. The minimum Gasteiger partial charge on any atom is -0.384 e. The van der Waals surface area contributed by atoms with Gasteiger partial charge < -0.3 is 15.4 Å². The second-order valence-corrected chi connectivity index (χ2v) is 5.29. The Bertz CT molecular complexity index is 390. The van der Waals surface area contributed by atoms with Crippen molar-refractivity contribution >= 4 is 22.4 Å². The summed E-state index contributed by atoms with van der Waals surface area (Å²) >= 11 is 1.47. The molecule has 2 rings (SSSR count). The number of ether oxygens (including phenoxy) is 1. The maximum absolute atomic E-state index is 11.5. The van der Waals surface area contributed by atoms with Crippen LogP contribution in [-0.2, 0) is 9.53 Å². The van der Waals surface area contributed by atoms with Crippen molar-refractivity contribution in [3.8, 4) is 0 Å². The number of hydrogen-bond donors (Lipinski definition) is 2. The molecule has 1 atom stereocenters. The number of methoxy groups -OCH3 is 1. The summed E-state index contributed by atoms with van der Waals surface area (Å²) in [6, 6.07) is 0. The predicted octanol–water partition coefficient (Wildman–Crippen LogP) is 0.980. The maximum Gasteiger partial charge on any atom is 0.228 e. The number of nitrogens with zero attached hydrogens (tertiary/aromatic N) is 2. The molecule has 2 heterocycles. The lowest BCUT2D eigenvalue weighted by molar-refractivity contribution is -0.117. The summed E-state index contributed by atoms with van der Waals surface area (Å²) in [6.07, 6.45) is 2.65. The van der Waals surface area contributed by atoms with E-state index in [-0.39, 0.29) is 5.91 Å². The topological polar surface area (TPSA) is 76.1 Å². The predicted molar refractivity (Wildman–Crippen MR) is 69.9 cm³/mol. The van der Waals surface area contributed by atoms with E-state index >= 15 is 0 Å². The zero-order chi connectivity index (χ0) is 12.8. The van der Waals surface area contributed by atoms with Crippen molar-refractivity contribution in [2.75, 3.05) is 32.1 Å². The van der Waals surface area contributed by atoms with Crippen LogP contribution in [0, 0.1) is 0 Å². The quantitative estimate of drug-likeness (QED) is 0.834. The molecule has 100 valence electrons. The Morgan fingerprint density at radius 3 is 3.22 bits per heavy atom. The van der Waals surface area contributed by atoms with Crippen molar-refractivity contribution in [3.05, 3.63) is 5.01 Å². The van der Waals surface area contributed by atoms with Crippen molar-refractivity contribution in [2.45, 2.75) is 25.2 Å². The number of anilines is 1. The number of piperidine rings is 1. The van der Waals surface area contributed by atoms with Crippen LogP contribution in [0.2, 0.25) is 0 Å². The second-order valence-electron chi connectivity index (χ2n) is 4.28. The van der Waals surface area contributed by atoms with Crippen LogP contribution in [0.4, 0.5) is 5.13 Å². The Morgan fingerprint density at radius 1 is 1.61 bits per heavy atom. The van der Waals surface area contributed by atoms with Gasteiger partial charge in [0.05, 0.1) is 13.0 Å². The summed E-state index contributed by atoms with van der Waals surface area (Å²) in [5.74, 6) is 0.349. The van der Waals surface area contributed by atoms with E-state index in [2.05, 4.69) is 20.8 Å². The van der Waals surface area contributed by atoms with E-state index in [0.29, 0.717) is 24.1 Å². The first-order valence-electron chi connectivity index (χ1n) is 6.12. The van der Waals surface area contributed by atoms with E-state index in [1.807, 2.05) is 0 Å². The van der Waals surface area contributed by atoms with Crippen molar-refractivity contribution < 1.29 is 9.53 Å². The van der Waals surface area contributed by atoms with E-state index in [1.54, 1.807) is 7.11 Å². The number of hydrogen-bond acceptors (Lipinski definition) is 6. The third kappa shape index (κ3) is 3.72. The SMILES string of the molecule is COCCC(=O)Nc1nnc(C2CCCNC2)s1. The minimum absolute atomic E-state index is 0.0821. The summed E-state index contributed by atoms with van der Waals surface area (Å²) in [4.78, 5) is 11.5. The molecule has 0 aliphatic carbocycles. The highest BCUT2D eigenvalue weighted by Gasteiger charge is 2.19. The van der Waals surface area contributed by atoms with Crippen LogP contribution < -0.4 is 10.6 Å². The fraction of sp³-hybridized carbons (Fsp3) is 0.727. The molecule has 0 radical (unpaired) electrons. The summed E-state index contributed by atoms with van der Waals surface area (Å²) in [6.45, 7) is 2.45. The molecule has 0 bridgehead atoms. The molecule has 0 spiro atoms. The van der Waals surface area contributed by atoms with Crippen LogP contribution >= 0.6 is 11.3 Å². The Kier molecular flexibility index (Phi) is 5.03. The molecule has 2 N–H and O–H groups in total. The van der Waals surface area contributed by atoms with Gasteiger partial charge in [0, 0.05) is 19.6 Å². The molecule has 1 fully saturated rings. The van der Waals surface area contributed by atoms with Crippen LogP contribution in [0.1, 0.15) is 30.2 Å². The lowest BCUT2D eigenvalue weighted by atomic mass is 10.0. The monoisotopic (exact) mass is 270 g/mol. The summed E-state index contributed by atoms with van der Waals surface area (Å²) in [7, 11) is 1.58. The Hall–Kier alpha value is -1.05. The molecule has 1 saturated heterocycles. The molecule has 18 heavy (non-hydrogen) atoms. The standard InChI is InChI=1S/C11H18N4O2S/c1-17-6-4-9(16)13-11-15-14-10(18-11)8-3-2-5-12-7-8/h8,12H,2-7H2,1H3,(H,13,15,16). The number of aromatic nitrogens is 2. The van der Waals surface area contributed by atoms with E-state index in [4.69, 9.17) is 4.74 Å². The highest BCUT2D eigenvalue weighted by molar-refractivity contribution is 7.15. The third-order valence-corrected chi connectivity index (χ3v) is 3.87. The molecule has 1 unspecified atom stereocenters. The molecule has 1 aliphatic heterocycles. The normalized spacial score (nSPS) is 19.7. The van der Waals surface area contributed by atoms with E-state index in [9.17, 15) is 4.79 Å². The van der Waals surface area contributed by atoms with E-state index < -0.39 is 0 Å². The molecule has 1 aromatic rings. The molecule has 6 nitrogen and oxygen atoms in total. The van der Waals surface area contributed by atoms with E-state index in [0.717, 1.165) is 24.5 Å². The lowest BCUT2D eigenvalue weighted by Crippen LogP contribution is -2.28. The molecule has 0 aromatic carbocycles.